The van der Waals surface area contributed by atoms with Gasteiger partial charge in [-0.2, -0.15) is 0 Å². The summed E-state index contributed by atoms with van der Waals surface area (Å²) in [5.74, 6) is -0.403. The SMILES string of the molecule is CC[C@H](C)NC(=O)/C=C/c1ccc(F)cc1. The Morgan fingerprint density at radius 1 is 1.44 bits per heavy atom. The van der Waals surface area contributed by atoms with Gasteiger partial charge < -0.3 is 5.32 Å². The van der Waals surface area contributed by atoms with E-state index < -0.39 is 0 Å². The molecule has 0 saturated heterocycles. The van der Waals surface area contributed by atoms with Crippen LogP contribution in [0.1, 0.15) is 25.8 Å². The Balaban J connectivity index is 2.53. The molecule has 0 bridgehead atoms. The summed E-state index contributed by atoms with van der Waals surface area (Å²) in [7, 11) is 0. The normalized spacial score (nSPS) is 12.7. The van der Waals surface area contributed by atoms with Gasteiger partial charge in [-0.15, -0.1) is 0 Å². The molecule has 1 amide bonds. The zero-order valence-corrected chi connectivity index (χ0v) is 9.53. The Bertz CT molecular complexity index is 370. The van der Waals surface area contributed by atoms with Crippen molar-refractivity contribution in [3.05, 3.63) is 41.7 Å². The fraction of sp³-hybridized carbons (Fsp3) is 0.308. The summed E-state index contributed by atoms with van der Waals surface area (Å²) >= 11 is 0. The van der Waals surface area contributed by atoms with Gasteiger partial charge in [0.25, 0.3) is 0 Å². The highest BCUT2D eigenvalue weighted by Crippen LogP contribution is 2.04. The lowest BCUT2D eigenvalue weighted by Crippen LogP contribution is -2.30. The van der Waals surface area contributed by atoms with E-state index in [2.05, 4.69) is 5.32 Å². The second kappa shape index (κ2) is 6.05. The summed E-state index contributed by atoms with van der Waals surface area (Å²) in [4.78, 5) is 11.4. The number of benzene rings is 1. The van der Waals surface area contributed by atoms with Crippen LogP contribution >= 0.6 is 0 Å². The average molecular weight is 221 g/mol. The standard InChI is InChI=1S/C13H16FNO/c1-3-10(2)15-13(16)9-6-11-4-7-12(14)8-5-11/h4-10H,3H2,1-2H3,(H,15,16)/b9-6+/t10-/m0/s1. The minimum Gasteiger partial charge on any atom is -0.350 e. The molecule has 1 atom stereocenters. The van der Waals surface area contributed by atoms with Crippen molar-refractivity contribution >= 4 is 12.0 Å². The van der Waals surface area contributed by atoms with Crippen molar-refractivity contribution in [3.8, 4) is 0 Å². The van der Waals surface area contributed by atoms with E-state index >= 15 is 0 Å². The van der Waals surface area contributed by atoms with Gasteiger partial charge in [-0.1, -0.05) is 19.1 Å². The van der Waals surface area contributed by atoms with Gasteiger partial charge in [0.15, 0.2) is 0 Å². The van der Waals surface area contributed by atoms with E-state index in [1.807, 2.05) is 13.8 Å². The number of rotatable bonds is 4. The van der Waals surface area contributed by atoms with Gasteiger partial charge in [-0.05, 0) is 37.1 Å². The van der Waals surface area contributed by atoms with Crippen LogP contribution < -0.4 is 5.32 Å². The van der Waals surface area contributed by atoms with Crippen LogP contribution in [0.5, 0.6) is 0 Å². The Morgan fingerprint density at radius 3 is 2.62 bits per heavy atom. The van der Waals surface area contributed by atoms with E-state index in [9.17, 15) is 9.18 Å². The van der Waals surface area contributed by atoms with Crippen LogP contribution in [0.2, 0.25) is 0 Å². The van der Waals surface area contributed by atoms with Gasteiger partial charge in [-0.3, -0.25) is 4.79 Å². The molecule has 1 rings (SSSR count). The van der Waals surface area contributed by atoms with Crippen molar-refractivity contribution < 1.29 is 9.18 Å². The molecule has 0 radical (unpaired) electrons. The van der Waals surface area contributed by atoms with Crippen LogP contribution in [0.15, 0.2) is 30.3 Å². The number of hydrogen-bond acceptors (Lipinski definition) is 1. The minimum atomic E-state index is -0.277. The second-order valence-corrected chi connectivity index (χ2v) is 3.70. The molecule has 0 unspecified atom stereocenters. The molecule has 0 saturated carbocycles. The first-order chi connectivity index (χ1) is 7.61. The topological polar surface area (TPSA) is 29.1 Å². The van der Waals surface area contributed by atoms with Crippen LogP contribution in [0.3, 0.4) is 0 Å². The van der Waals surface area contributed by atoms with Crippen LogP contribution in [0, 0.1) is 5.82 Å². The Morgan fingerprint density at radius 2 is 2.06 bits per heavy atom. The highest BCUT2D eigenvalue weighted by atomic mass is 19.1. The molecule has 0 aromatic heterocycles. The average Bonchev–Trinajstić information content (AvgIpc) is 2.28. The summed E-state index contributed by atoms with van der Waals surface area (Å²) in [6, 6.07) is 6.16. The maximum Gasteiger partial charge on any atom is 0.244 e. The highest BCUT2D eigenvalue weighted by Gasteiger charge is 2.00. The van der Waals surface area contributed by atoms with Crippen molar-refractivity contribution in [2.24, 2.45) is 0 Å². The van der Waals surface area contributed by atoms with Gasteiger partial charge in [0.2, 0.25) is 5.91 Å². The molecule has 1 N–H and O–H groups in total. The second-order valence-electron chi connectivity index (χ2n) is 3.70. The molecule has 1 aromatic rings. The fourth-order valence-corrected chi connectivity index (χ4v) is 1.14. The van der Waals surface area contributed by atoms with Crippen molar-refractivity contribution in [2.75, 3.05) is 0 Å². The first kappa shape index (κ1) is 12.4. The molecule has 86 valence electrons. The number of carbonyl (C=O) groups excluding carboxylic acids is 1. The number of amides is 1. The van der Waals surface area contributed by atoms with E-state index in [1.165, 1.54) is 18.2 Å². The lowest BCUT2D eigenvalue weighted by Gasteiger charge is -2.08. The lowest BCUT2D eigenvalue weighted by atomic mass is 10.2. The van der Waals surface area contributed by atoms with Crippen molar-refractivity contribution in [1.82, 2.24) is 5.32 Å². The Kier molecular flexibility index (Phi) is 4.70. The summed E-state index contributed by atoms with van der Waals surface area (Å²) in [5.41, 5.74) is 0.806. The molecular formula is C13H16FNO. The highest BCUT2D eigenvalue weighted by molar-refractivity contribution is 5.91. The maximum absolute atomic E-state index is 12.6. The zero-order valence-electron chi connectivity index (χ0n) is 9.53. The molecule has 2 nitrogen and oxygen atoms in total. The van der Waals surface area contributed by atoms with E-state index in [0.29, 0.717) is 0 Å². The molecular weight excluding hydrogens is 205 g/mol. The number of nitrogens with one attached hydrogen (secondary N) is 1. The molecule has 16 heavy (non-hydrogen) atoms. The Labute approximate surface area is 95.2 Å². The molecule has 0 aliphatic heterocycles. The largest absolute Gasteiger partial charge is 0.350 e. The van der Waals surface area contributed by atoms with Crippen LogP contribution in [-0.4, -0.2) is 11.9 Å². The molecule has 0 heterocycles. The molecule has 0 fully saturated rings. The number of halogens is 1. The lowest BCUT2D eigenvalue weighted by molar-refractivity contribution is -0.117. The summed E-state index contributed by atoms with van der Waals surface area (Å²) < 4.78 is 12.6. The van der Waals surface area contributed by atoms with Gasteiger partial charge in [0.1, 0.15) is 5.82 Å². The van der Waals surface area contributed by atoms with Gasteiger partial charge in [0.05, 0.1) is 0 Å². The van der Waals surface area contributed by atoms with Gasteiger partial charge in [0, 0.05) is 12.1 Å². The smallest absolute Gasteiger partial charge is 0.244 e. The summed E-state index contributed by atoms with van der Waals surface area (Å²) in [5, 5.41) is 2.81. The third kappa shape index (κ3) is 4.26. The van der Waals surface area contributed by atoms with Crippen LogP contribution in [0.4, 0.5) is 4.39 Å². The zero-order chi connectivity index (χ0) is 12.0. The molecule has 3 heteroatoms. The predicted octanol–water partition coefficient (Wildman–Crippen LogP) is 2.75. The summed E-state index contributed by atoms with van der Waals surface area (Å²) in [6.07, 6.45) is 4.02. The molecule has 0 spiro atoms. The molecule has 0 aliphatic rings. The summed E-state index contributed by atoms with van der Waals surface area (Å²) in [6.45, 7) is 3.96. The molecule has 0 aliphatic carbocycles. The van der Waals surface area contributed by atoms with E-state index in [4.69, 9.17) is 0 Å². The van der Waals surface area contributed by atoms with E-state index in [1.54, 1.807) is 18.2 Å². The van der Waals surface area contributed by atoms with E-state index in [0.717, 1.165) is 12.0 Å². The van der Waals surface area contributed by atoms with Crippen molar-refractivity contribution in [2.45, 2.75) is 26.3 Å². The quantitative estimate of drug-likeness (QED) is 0.778. The van der Waals surface area contributed by atoms with Crippen molar-refractivity contribution in [3.63, 3.8) is 0 Å². The third-order valence-corrected chi connectivity index (χ3v) is 2.30. The first-order valence-corrected chi connectivity index (χ1v) is 5.36. The van der Waals surface area contributed by atoms with Crippen LogP contribution in [-0.2, 0) is 4.79 Å². The fourth-order valence-electron chi connectivity index (χ4n) is 1.14. The molecule has 1 aromatic carbocycles. The monoisotopic (exact) mass is 221 g/mol. The maximum atomic E-state index is 12.6. The minimum absolute atomic E-state index is 0.126. The number of carbonyl (C=O) groups is 1. The predicted molar refractivity (Wildman–Crippen MR) is 63.3 cm³/mol. The number of hydrogen-bond donors (Lipinski definition) is 1. The third-order valence-electron chi connectivity index (χ3n) is 2.30. The van der Waals surface area contributed by atoms with E-state index in [-0.39, 0.29) is 17.8 Å². The Hall–Kier alpha value is -1.64. The van der Waals surface area contributed by atoms with Crippen molar-refractivity contribution in [1.29, 1.82) is 0 Å². The van der Waals surface area contributed by atoms with Gasteiger partial charge >= 0.3 is 0 Å². The van der Waals surface area contributed by atoms with Crippen LogP contribution in [0.25, 0.3) is 6.08 Å². The van der Waals surface area contributed by atoms with Gasteiger partial charge in [-0.25, -0.2) is 4.39 Å². The first-order valence-electron chi connectivity index (χ1n) is 5.36.